The zero-order chi connectivity index (χ0) is 21.6. The summed E-state index contributed by atoms with van der Waals surface area (Å²) in [6, 6.07) is 18.0. The van der Waals surface area contributed by atoms with E-state index in [0.29, 0.717) is 13.0 Å². The van der Waals surface area contributed by atoms with E-state index in [1.165, 1.54) is 28.2 Å². The molecule has 0 radical (unpaired) electrons. The first-order chi connectivity index (χ1) is 15.1. The lowest BCUT2D eigenvalue weighted by Crippen LogP contribution is -3.17. The summed E-state index contributed by atoms with van der Waals surface area (Å²) in [6.45, 7) is 2.35. The molecule has 1 N–H and O–H groups in total. The van der Waals surface area contributed by atoms with E-state index >= 15 is 0 Å². The Bertz CT molecular complexity index is 873. The van der Waals surface area contributed by atoms with Crippen molar-refractivity contribution in [2.45, 2.75) is 51.1 Å². The lowest BCUT2D eigenvalue weighted by Gasteiger charge is -2.32. The van der Waals surface area contributed by atoms with Gasteiger partial charge in [0.2, 0.25) is 5.91 Å². The molecule has 5 heteroatoms. The molecule has 2 saturated heterocycles. The molecule has 2 amide bonds. The molecular weight excluding hydrogens is 388 g/mol. The quantitative estimate of drug-likeness (QED) is 0.667. The van der Waals surface area contributed by atoms with Gasteiger partial charge in [-0.1, -0.05) is 42.5 Å². The van der Waals surface area contributed by atoms with Crippen molar-refractivity contribution in [3.8, 4) is 5.75 Å². The Kier molecular flexibility index (Phi) is 7.03. The molecule has 0 bridgehead atoms. The minimum atomic E-state index is -0.198. The number of amides is 2. The van der Waals surface area contributed by atoms with Gasteiger partial charge in [0.1, 0.15) is 5.75 Å². The largest absolute Gasteiger partial charge is 0.497 e. The summed E-state index contributed by atoms with van der Waals surface area (Å²) in [4.78, 5) is 28.3. The molecule has 2 aromatic carbocycles. The van der Waals surface area contributed by atoms with Gasteiger partial charge >= 0.3 is 0 Å². The number of carbonyl (C=O) groups excluding carboxylic acids is 2. The minimum absolute atomic E-state index is 0.00153. The summed E-state index contributed by atoms with van der Waals surface area (Å²) in [6.07, 6.45) is 6.28. The van der Waals surface area contributed by atoms with Gasteiger partial charge in [0, 0.05) is 0 Å². The van der Waals surface area contributed by atoms with Crippen molar-refractivity contribution in [1.29, 1.82) is 0 Å². The van der Waals surface area contributed by atoms with Crippen LogP contribution in [0.15, 0.2) is 54.6 Å². The van der Waals surface area contributed by atoms with Crippen LogP contribution >= 0.6 is 0 Å². The first-order valence-electron chi connectivity index (χ1n) is 11.5. The molecule has 2 aromatic rings. The second-order valence-electron chi connectivity index (χ2n) is 8.90. The third kappa shape index (κ3) is 5.34. The van der Waals surface area contributed by atoms with Gasteiger partial charge in [-0.05, 0) is 61.3 Å². The summed E-state index contributed by atoms with van der Waals surface area (Å²) in [5, 5.41) is 0. The van der Waals surface area contributed by atoms with Crippen molar-refractivity contribution in [1.82, 2.24) is 4.90 Å². The van der Waals surface area contributed by atoms with E-state index in [9.17, 15) is 9.59 Å². The summed E-state index contributed by atoms with van der Waals surface area (Å²) < 4.78 is 5.18. The van der Waals surface area contributed by atoms with E-state index < -0.39 is 0 Å². The highest BCUT2D eigenvalue weighted by Crippen LogP contribution is 2.21. The molecule has 5 nitrogen and oxygen atoms in total. The zero-order valence-corrected chi connectivity index (χ0v) is 18.4. The number of rotatable bonds is 8. The number of nitrogens with zero attached hydrogens (tertiary/aromatic N) is 1. The molecule has 2 heterocycles. The van der Waals surface area contributed by atoms with Gasteiger partial charge in [-0.15, -0.1) is 0 Å². The highest BCUT2D eigenvalue weighted by atomic mass is 16.5. The molecule has 0 saturated carbocycles. The average Bonchev–Trinajstić information content (AvgIpc) is 3.09. The van der Waals surface area contributed by atoms with Crippen LogP contribution in [0.1, 0.15) is 43.2 Å². The number of quaternary nitrogens is 1. The molecule has 4 rings (SSSR count). The van der Waals surface area contributed by atoms with Crippen molar-refractivity contribution < 1.29 is 19.2 Å². The Hall–Kier alpha value is -2.66. The van der Waals surface area contributed by atoms with Crippen LogP contribution in [0.5, 0.6) is 5.75 Å². The first kappa shape index (κ1) is 21.6. The summed E-state index contributed by atoms with van der Waals surface area (Å²) in [5.41, 5.74) is 2.37. The number of hydrogen-bond donors (Lipinski definition) is 1. The first-order valence-corrected chi connectivity index (χ1v) is 11.5. The fraction of sp³-hybridized carbons (Fsp3) is 0.462. The van der Waals surface area contributed by atoms with Gasteiger partial charge in [0.15, 0.2) is 6.04 Å². The van der Waals surface area contributed by atoms with Gasteiger partial charge < -0.3 is 9.64 Å². The predicted molar refractivity (Wildman–Crippen MR) is 120 cm³/mol. The standard InChI is InChI=1S/C26H32N2O3/c1-31-23-12-10-22(11-13-23)19-28-25(29)18-24(26(28)30)27-16-14-21(15-17-27)9-5-8-20-6-3-2-4-7-20/h2-4,6-7,10-13,21,24H,5,8-9,14-19H2,1H3/p+1/t24-/m1/s1. The van der Waals surface area contributed by atoms with Crippen molar-refractivity contribution in [2.75, 3.05) is 20.2 Å². The monoisotopic (exact) mass is 421 g/mol. The Morgan fingerprint density at radius 2 is 1.68 bits per heavy atom. The molecule has 2 fully saturated rings. The summed E-state index contributed by atoms with van der Waals surface area (Å²) in [7, 11) is 1.63. The smallest absolute Gasteiger partial charge is 0.288 e. The molecule has 0 aromatic heterocycles. The van der Waals surface area contributed by atoms with Crippen molar-refractivity contribution in [3.63, 3.8) is 0 Å². The van der Waals surface area contributed by atoms with E-state index in [0.717, 1.165) is 49.6 Å². The Balaban J connectivity index is 1.24. The third-order valence-electron chi connectivity index (χ3n) is 6.90. The fourth-order valence-corrected chi connectivity index (χ4v) is 5.01. The number of likely N-dealkylation sites (tertiary alicyclic amines) is 2. The highest BCUT2D eigenvalue weighted by molar-refractivity contribution is 6.04. The van der Waals surface area contributed by atoms with Crippen LogP contribution in [0, 0.1) is 5.92 Å². The number of piperidine rings is 1. The highest BCUT2D eigenvalue weighted by Gasteiger charge is 2.45. The maximum atomic E-state index is 13.0. The van der Waals surface area contributed by atoms with Gasteiger partial charge in [-0.3, -0.25) is 14.5 Å². The Morgan fingerprint density at radius 1 is 0.968 bits per heavy atom. The van der Waals surface area contributed by atoms with Crippen LogP contribution in [-0.4, -0.2) is 43.0 Å². The number of imide groups is 1. The zero-order valence-electron chi connectivity index (χ0n) is 18.4. The number of hydrogen-bond acceptors (Lipinski definition) is 3. The number of carbonyl (C=O) groups is 2. The van der Waals surface area contributed by atoms with Crippen LogP contribution < -0.4 is 9.64 Å². The molecule has 0 aliphatic carbocycles. The molecule has 0 spiro atoms. The van der Waals surface area contributed by atoms with Gasteiger partial charge in [-0.2, -0.15) is 0 Å². The van der Waals surface area contributed by atoms with Crippen LogP contribution in [0.4, 0.5) is 0 Å². The lowest BCUT2D eigenvalue weighted by atomic mass is 9.90. The lowest BCUT2D eigenvalue weighted by molar-refractivity contribution is -0.921. The van der Waals surface area contributed by atoms with Crippen LogP contribution in [-0.2, 0) is 22.6 Å². The second kappa shape index (κ2) is 10.1. The second-order valence-corrected chi connectivity index (χ2v) is 8.90. The van der Waals surface area contributed by atoms with Crippen molar-refractivity contribution in [3.05, 3.63) is 65.7 Å². The SMILES string of the molecule is COc1ccc(CN2C(=O)C[C@@H]([NH+]3CCC(CCCc4ccccc4)CC3)C2=O)cc1. The normalized spacial score (nSPS) is 23.9. The summed E-state index contributed by atoms with van der Waals surface area (Å²) >= 11 is 0. The van der Waals surface area contributed by atoms with E-state index in [4.69, 9.17) is 4.74 Å². The maximum absolute atomic E-state index is 13.0. The fourth-order valence-electron chi connectivity index (χ4n) is 5.01. The molecule has 164 valence electrons. The molecule has 1 atom stereocenters. The number of nitrogens with one attached hydrogen (secondary N) is 1. The number of benzene rings is 2. The van der Waals surface area contributed by atoms with Crippen molar-refractivity contribution in [2.24, 2.45) is 5.92 Å². The van der Waals surface area contributed by atoms with Crippen molar-refractivity contribution >= 4 is 11.8 Å². The average molecular weight is 422 g/mol. The molecule has 2 aliphatic rings. The molecular formula is C26H33N2O3+. The topological polar surface area (TPSA) is 51.0 Å². The molecule has 0 unspecified atom stereocenters. The van der Waals surface area contributed by atoms with Crippen LogP contribution in [0.3, 0.4) is 0 Å². The predicted octanol–water partition coefficient (Wildman–Crippen LogP) is 2.64. The Labute approximate surface area is 185 Å². The van der Waals surface area contributed by atoms with Crippen LogP contribution in [0.25, 0.3) is 0 Å². The van der Waals surface area contributed by atoms with E-state index in [1.54, 1.807) is 7.11 Å². The van der Waals surface area contributed by atoms with E-state index in [1.807, 2.05) is 24.3 Å². The minimum Gasteiger partial charge on any atom is -0.497 e. The van der Waals surface area contributed by atoms with E-state index in [2.05, 4.69) is 30.3 Å². The number of ether oxygens (including phenoxy) is 1. The van der Waals surface area contributed by atoms with E-state index in [-0.39, 0.29) is 17.9 Å². The van der Waals surface area contributed by atoms with Gasteiger partial charge in [0.05, 0.1) is 33.2 Å². The Morgan fingerprint density at radius 3 is 2.35 bits per heavy atom. The van der Waals surface area contributed by atoms with Gasteiger partial charge in [0.25, 0.3) is 5.91 Å². The van der Waals surface area contributed by atoms with Gasteiger partial charge in [-0.25, -0.2) is 0 Å². The maximum Gasteiger partial charge on any atom is 0.288 e. The van der Waals surface area contributed by atoms with Crippen LogP contribution in [0.2, 0.25) is 0 Å². The molecule has 2 aliphatic heterocycles. The summed E-state index contributed by atoms with van der Waals surface area (Å²) in [5.74, 6) is 1.48. The number of aryl methyl sites for hydroxylation is 1. The number of methoxy groups -OCH3 is 1. The molecule has 31 heavy (non-hydrogen) atoms. The third-order valence-corrected chi connectivity index (χ3v) is 6.90.